The van der Waals surface area contributed by atoms with E-state index in [1.807, 2.05) is 24.3 Å². The number of nitrogens with one attached hydrogen (secondary N) is 1. The molecule has 0 aliphatic rings. The molecule has 0 heterocycles. The number of nitrogens with zero attached hydrogens (tertiary/aromatic N) is 1. The quantitative estimate of drug-likeness (QED) is 0.647. The van der Waals surface area contributed by atoms with E-state index in [2.05, 4.69) is 27.3 Å². The summed E-state index contributed by atoms with van der Waals surface area (Å²) in [5, 5.41) is 12.3. The van der Waals surface area contributed by atoms with Gasteiger partial charge in [0.2, 0.25) is 5.91 Å². The molecule has 3 nitrogen and oxygen atoms in total. The van der Waals surface area contributed by atoms with Gasteiger partial charge in [-0.05, 0) is 30.5 Å². The number of benzene rings is 1. The maximum absolute atomic E-state index is 11.5. The summed E-state index contributed by atoms with van der Waals surface area (Å²) in [5.74, 6) is 0.0407. The lowest BCUT2D eigenvalue weighted by molar-refractivity contribution is -0.116. The summed E-state index contributed by atoms with van der Waals surface area (Å²) in [6, 6.07) is 9.46. The Labute approximate surface area is 110 Å². The van der Waals surface area contributed by atoms with Crippen LogP contribution in [0.5, 0.6) is 0 Å². The van der Waals surface area contributed by atoms with Gasteiger partial charge in [0.15, 0.2) is 0 Å². The van der Waals surface area contributed by atoms with Crippen LogP contribution in [0.25, 0.3) is 0 Å². The third-order valence-corrected chi connectivity index (χ3v) is 2.87. The van der Waals surface area contributed by atoms with Crippen molar-refractivity contribution in [2.24, 2.45) is 0 Å². The molecule has 0 aliphatic carbocycles. The van der Waals surface area contributed by atoms with Crippen molar-refractivity contribution in [2.75, 3.05) is 10.6 Å². The molecular weight excluding hydrogens is 280 g/mol. The maximum atomic E-state index is 11.5. The lowest BCUT2D eigenvalue weighted by atomic mass is 10.1. The largest absolute Gasteiger partial charge is 0.326 e. The molecule has 0 unspecified atom stereocenters. The van der Waals surface area contributed by atoms with Gasteiger partial charge in [-0.15, -0.1) is 0 Å². The van der Waals surface area contributed by atoms with Crippen molar-refractivity contribution in [1.29, 1.82) is 5.26 Å². The number of carbonyl (C=O) groups is 1. The van der Waals surface area contributed by atoms with E-state index in [4.69, 9.17) is 5.26 Å². The monoisotopic (exact) mass is 294 g/mol. The molecule has 1 aromatic carbocycles. The van der Waals surface area contributed by atoms with Crippen LogP contribution in [0, 0.1) is 11.3 Å². The molecule has 1 N–H and O–H groups in total. The number of carbonyl (C=O) groups excluding carboxylic acids is 1. The molecule has 0 aliphatic heterocycles. The van der Waals surface area contributed by atoms with Crippen LogP contribution in [0.1, 0.15) is 24.8 Å². The Hall–Kier alpha value is -1.34. The molecule has 1 aromatic rings. The predicted octanol–water partition coefficient (Wildman–Crippen LogP) is 3.26. The third-order valence-electron chi connectivity index (χ3n) is 2.31. The third kappa shape index (κ3) is 5.50. The summed E-state index contributed by atoms with van der Waals surface area (Å²) in [4.78, 5) is 11.5. The van der Waals surface area contributed by atoms with Crippen molar-refractivity contribution in [3.8, 4) is 6.07 Å². The first-order chi connectivity index (χ1) is 8.26. The van der Waals surface area contributed by atoms with Crippen molar-refractivity contribution >= 4 is 27.5 Å². The van der Waals surface area contributed by atoms with E-state index in [-0.39, 0.29) is 5.91 Å². The Kier molecular flexibility index (Phi) is 6.34. The van der Waals surface area contributed by atoms with E-state index in [1.54, 1.807) is 0 Å². The molecule has 4 heteroatoms. The smallest absolute Gasteiger partial charge is 0.224 e. The molecule has 0 saturated carbocycles. The molecule has 0 saturated heterocycles. The van der Waals surface area contributed by atoms with Gasteiger partial charge in [0.05, 0.1) is 12.5 Å². The molecule has 0 fully saturated rings. The maximum Gasteiger partial charge on any atom is 0.224 e. The first-order valence-corrected chi connectivity index (χ1v) is 6.70. The first-order valence-electron chi connectivity index (χ1n) is 5.58. The van der Waals surface area contributed by atoms with E-state index in [0.29, 0.717) is 12.8 Å². The number of unbranched alkanes of at least 4 members (excludes halogenated alkanes) is 1. The van der Waals surface area contributed by atoms with Gasteiger partial charge in [0, 0.05) is 17.4 Å². The molecule has 0 aromatic heterocycles. The number of anilines is 1. The van der Waals surface area contributed by atoms with E-state index in [1.165, 1.54) is 0 Å². The van der Waals surface area contributed by atoms with Gasteiger partial charge in [0.25, 0.3) is 0 Å². The zero-order chi connectivity index (χ0) is 12.5. The molecule has 17 heavy (non-hydrogen) atoms. The number of rotatable bonds is 6. The van der Waals surface area contributed by atoms with E-state index < -0.39 is 0 Å². The zero-order valence-electron chi connectivity index (χ0n) is 9.58. The van der Waals surface area contributed by atoms with Gasteiger partial charge in [-0.3, -0.25) is 4.79 Å². The lowest BCUT2D eigenvalue weighted by Crippen LogP contribution is -2.11. The van der Waals surface area contributed by atoms with Gasteiger partial charge in [-0.1, -0.05) is 28.1 Å². The minimum absolute atomic E-state index is 0.0407. The Bertz CT molecular complexity index is 395. The highest BCUT2D eigenvalue weighted by Crippen LogP contribution is 2.11. The van der Waals surface area contributed by atoms with Crippen LogP contribution in [0.15, 0.2) is 24.3 Å². The van der Waals surface area contributed by atoms with E-state index in [9.17, 15) is 4.79 Å². The lowest BCUT2D eigenvalue weighted by Gasteiger charge is -2.05. The number of alkyl halides is 1. The standard InChI is InChI=1S/C13H15BrN2O/c14-9-2-1-3-13(17)16-12-6-4-11(5-7-12)8-10-15/h4-7H,1-3,8-9H2,(H,16,17). The Morgan fingerprint density at radius 1 is 1.29 bits per heavy atom. The molecule has 0 atom stereocenters. The van der Waals surface area contributed by atoms with Gasteiger partial charge >= 0.3 is 0 Å². The van der Waals surface area contributed by atoms with Gasteiger partial charge in [-0.25, -0.2) is 0 Å². The van der Waals surface area contributed by atoms with Crippen LogP contribution < -0.4 is 5.32 Å². The summed E-state index contributed by atoms with van der Waals surface area (Å²) >= 11 is 3.33. The SMILES string of the molecule is N#CCc1ccc(NC(=O)CCCCBr)cc1. The van der Waals surface area contributed by atoms with Crippen LogP contribution in [0.3, 0.4) is 0 Å². The number of amides is 1. The Balaban J connectivity index is 2.41. The molecular formula is C13H15BrN2O. The van der Waals surface area contributed by atoms with Gasteiger partial charge in [0.1, 0.15) is 0 Å². The van der Waals surface area contributed by atoms with Crippen molar-refractivity contribution in [1.82, 2.24) is 0 Å². The van der Waals surface area contributed by atoms with E-state index in [0.717, 1.165) is 29.4 Å². The molecule has 90 valence electrons. The number of hydrogen-bond donors (Lipinski definition) is 1. The van der Waals surface area contributed by atoms with Crippen molar-refractivity contribution < 1.29 is 4.79 Å². The average Bonchev–Trinajstić information content (AvgIpc) is 2.32. The van der Waals surface area contributed by atoms with Crippen LogP contribution in [-0.4, -0.2) is 11.2 Å². The highest BCUT2D eigenvalue weighted by atomic mass is 79.9. The normalized spacial score (nSPS) is 9.65. The fraction of sp³-hybridized carbons (Fsp3) is 0.385. The second-order valence-electron chi connectivity index (χ2n) is 3.73. The minimum Gasteiger partial charge on any atom is -0.326 e. The molecule has 0 bridgehead atoms. The second kappa shape index (κ2) is 7.86. The van der Waals surface area contributed by atoms with Gasteiger partial charge < -0.3 is 5.32 Å². The van der Waals surface area contributed by atoms with Crippen LogP contribution >= 0.6 is 15.9 Å². The molecule has 0 spiro atoms. The summed E-state index contributed by atoms with van der Waals surface area (Å²) in [6.45, 7) is 0. The molecule has 1 rings (SSSR count). The predicted molar refractivity (Wildman–Crippen MR) is 72.0 cm³/mol. The number of nitriles is 1. The highest BCUT2D eigenvalue weighted by molar-refractivity contribution is 9.09. The van der Waals surface area contributed by atoms with Crippen molar-refractivity contribution in [3.05, 3.63) is 29.8 Å². The molecule has 0 radical (unpaired) electrons. The van der Waals surface area contributed by atoms with Crippen LogP contribution in [0.2, 0.25) is 0 Å². The van der Waals surface area contributed by atoms with Crippen molar-refractivity contribution in [2.45, 2.75) is 25.7 Å². The summed E-state index contributed by atoms with van der Waals surface area (Å²) in [5.41, 5.74) is 1.75. The van der Waals surface area contributed by atoms with E-state index >= 15 is 0 Å². The summed E-state index contributed by atoms with van der Waals surface area (Å²) < 4.78 is 0. The number of hydrogen-bond acceptors (Lipinski definition) is 2. The first kappa shape index (κ1) is 13.7. The van der Waals surface area contributed by atoms with Crippen molar-refractivity contribution in [3.63, 3.8) is 0 Å². The average molecular weight is 295 g/mol. The Morgan fingerprint density at radius 3 is 2.59 bits per heavy atom. The number of halogens is 1. The minimum atomic E-state index is 0.0407. The zero-order valence-corrected chi connectivity index (χ0v) is 11.2. The molecule has 1 amide bonds. The van der Waals surface area contributed by atoms with Crippen LogP contribution in [-0.2, 0) is 11.2 Å². The second-order valence-corrected chi connectivity index (χ2v) is 4.52. The fourth-order valence-corrected chi connectivity index (χ4v) is 1.80. The summed E-state index contributed by atoms with van der Waals surface area (Å²) in [6.07, 6.45) is 2.85. The van der Waals surface area contributed by atoms with Gasteiger partial charge in [-0.2, -0.15) is 5.26 Å². The topological polar surface area (TPSA) is 52.9 Å². The fourth-order valence-electron chi connectivity index (χ4n) is 1.40. The summed E-state index contributed by atoms with van der Waals surface area (Å²) in [7, 11) is 0. The highest BCUT2D eigenvalue weighted by Gasteiger charge is 2.01. The van der Waals surface area contributed by atoms with Crippen LogP contribution in [0.4, 0.5) is 5.69 Å². The Morgan fingerprint density at radius 2 is 2.00 bits per heavy atom.